The number of aromatic nitrogens is 2. The average molecular weight is 337 g/mol. The molecule has 0 aliphatic rings. The van der Waals surface area contributed by atoms with E-state index in [-0.39, 0.29) is 18.9 Å². The summed E-state index contributed by atoms with van der Waals surface area (Å²) in [6.07, 6.45) is 2.14. The summed E-state index contributed by atoms with van der Waals surface area (Å²) >= 11 is 1.45. The number of thiazole rings is 1. The molecule has 2 N–H and O–H groups in total. The highest BCUT2D eigenvalue weighted by molar-refractivity contribution is 7.15. The summed E-state index contributed by atoms with van der Waals surface area (Å²) < 4.78 is 28.9. The zero-order valence-corrected chi connectivity index (χ0v) is 12.7. The minimum atomic E-state index is -1.45. The van der Waals surface area contributed by atoms with Gasteiger partial charge in [0.2, 0.25) is 5.91 Å². The van der Waals surface area contributed by atoms with E-state index in [0.717, 1.165) is 17.1 Å². The number of carbonyl (C=O) groups excluding carboxylic acids is 1. The average Bonchev–Trinajstić information content (AvgIpc) is 3.06. The van der Waals surface area contributed by atoms with Crippen molar-refractivity contribution in [1.29, 1.82) is 0 Å². The van der Waals surface area contributed by atoms with Gasteiger partial charge in [0.25, 0.3) is 0 Å². The Hall–Kier alpha value is -2.32. The Morgan fingerprint density at radius 1 is 1.39 bits per heavy atom. The van der Waals surface area contributed by atoms with Crippen LogP contribution in [-0.4, -0.2) is 26.9 Å². The molecule has 1 amide bonds. The Balaban J connectivity index is 1.59. The van der Waals surface area contributed by atoms with Gasteiger partial charge in [-0.25, -0.2) is 13.8 Å². The van der Waals surface area contributed by atoms with Gasteiger partial charge in [0.05, 0.1) is 17.7 Å². The van der Waals surface area contributed by atoms with Crippen LogP contribution >= 0.6 is 11.3 Å². The van der Waals surface area contributed by atoms with Crippen molar-refractivity contribution in [3.8, 4) is 0 Å². The largest absolute Gasteiger partial charge is 0.386 e. The number of aliphatic hydroxyl groups excluding tert-OH is 1. The molecule has 0 aliphatic heterocycles. The molecule has 0 bridgehead atoms. The molecule has 120 valence electrons. The normalized spacial score (nSPS) is 12.5. The predicted molar refractivity (Wildman–Crippen MR) is 81.1 cm³/mol. The van der Waals surface area contributed by atoms with E-state index in [1.165, 1.54) is 17.4 Å². The highest BCUT2D eigenvalue weighted by Crippen LogP contribution is 2.20. The molecule has 2 aromatic heterocycles. The van der Waals surface area contributed by atoms with E-state index >= 15 is 0 Å². The van der Waals surface area contributed by atoms with Gasteiger partial charge in [-0.05, 0) is 12.1 Å². The van der Waals surface area contributed by atoms with Crippen LogP contribution in [0.25, 0.3) is 4.96 Å². The molecular formula is C15H13F2N3O2S. The smallest absolute Gasteiger partial charge is 0.226 e. The van der Waals surface area contributed by atoms with E-state index in [0.29, 0.717) is 5.69 Å². The van der Waals surface area contributed by atoms with E-state index in [1.54, 1.807) is 10.6 Å². The van der Waals surface area contributed by atoms with Gasteiger partial charge in [-0.1, -0.05) is 6.07 Å². The van der Waals surface area contributed by atoms with Crippen LogP contribution in [-0.2, 0) is 11.2 Å². The van der Waals surface area contributed by atoms with E-state index in [4.69, 9.17) is 0 Å². The number of rotatable bonds is 5. The molecule has 3 aromatic rings. The molecule has 0 radical (unpaired) electrons. The monoisotopic (exact) mass is 337 g/mol. The van der Waals surface area contributed by atoms with Gasteiger partial charge in [-0.3, -0.25) is 9.20 Å². The zero-order chi connectivity index (χ0) is 16.4. The maximum atomic E-state index is 13.5. The lowest BCUT2D eigenvalue weighted by atomic mass is 10.1. The number of nitrogens with zero attached hydrogens (tertiary/aromatic N) is 2. The lowest BCUT2D eigenvalue weighted by molar-refractivity contribution is -0.121. The van der Waals surface area contributed by atoms with Crippen molar-refractivity contribution >= 4 is 22.2 Å². The first-order valence-electron chi connectivity index (χ1n) is 6.84. The third-order valence-corrected chi connectivity index (χ3v) is 4.08. The highest BCUT2D eigenvalue weighted by Gasteiger charge is 2.18. The number of amides is 1. The van der Waals surface area contributed by atoms with Crippen LogP contribution in [0.5, 0.6) is 0 Å². The second-order valence-corrected chi connectivity index (χ2v) is 5.83. The van der Waals surface area contributed by atoms with Gasteiger partial charge < -0.3 is 10.4 Å². The van der Waals surface area contributed by atoms with E-state index < -0.39 is 23.3 Å². The molecule has 1 unspecified atom stereocenters. The number of imidazole rings is 1. The van der Waals surface area contributed by atoms with Crippen LogP contribution in [0.1, 0.15) is 17.4 Å². The van der Waals surface area contributed by atoms with Crippen molar-refractivity contribution < 1.29 is 18.7 Å². The highest BCUT2D eigenvalue weighted by atomic mass is 32.1. The van der Waals surface area contributed by atoms with Crippen molar-refractivity contribution in [1.82, 2.24) is 14.7 Å². The van der Waals surface area contributed by atoms with Gasteiger partial charge >= 0.3 is 0 Å². The summed E-state index contributed by atoms with van der Waals surface area (Å²) in [6, 6.07) is 3.33. The summed E-state index contributed by atoms with van der Waals surface area (Å²) in [6.45, 7) is -0.279. The van der Waals surface area contributed by atoms with Crippen LogP contribution in [0, 0.1) is 11.6 Å². The molecule has 5 nitrogen and oxygen atoms in total. The first kappa shape index (κ1) is 15.6. The quantitative estimate of drug-likeness (QED) is 0.749. The Labute approximate surface area is 134 Å². The molecule has 1 atom stereocenters. The number of fused-ring (bicyclic) bond motifs is 1. The summed E-state index contributed by atoms with van der Waals surface area (Å²) in [5.41, 5.74) is 0.135. The van der Waals surface area contributed by atoms with Gasteiger partial charge in [0.1, 0.15) is 17.7 Å². The van der Waals surface area contributed by atoms with Crippen molar-refractivity contribution in [2.24, 2.45) is 0 Å². The second-order valence-electron chi connectivity index (χ2n) is 4.96. The van der Waals surface area contributed by atoms with Crippen molar-refractivity contribution in [3.05, 3.63) is 58.9 Å². The fourth-order valence-corrected chi connectivity index (χ4v) is 2.95. The summed E-state index contributed by atoms with van der Waals surface area (Å²) in [7, 11) is 0. The molecule has 1 aromatic carbocycles. The number of nitrogens with one attached hydrogen (secondary N) is 1. The predicted octanol–water partition coefficient (Wildman–Crippen LogP) is 2.07. The first-order chi connectivity index (χ1) is 11.0. The van der Waals surface area contributed by atoms with Crippen LogP contribution in [0.2, 0.25) is 0 Å². The van der Waals surface area contributed by atoms with Crippen molar-refractivity contribution in [3.63, 3.8) is 0 Å². The van der Waals surface area contributed by atoms with Crippen LogP contribution < -0.4 is 5.32 Å². The molecule has 0 saturated carbocycles. The molecule has 0 aliphatic carbocycles. The Morgan fingerprint density at radius 3 is 2.83 bits per heavy atom. The number of halogens is 2. The number of aliphatic hydroxyl groups is 1. The molecule has 2 heterocycles. The van der Waals surface area contributed by atoms with Gasteiger partial charge in [-0.15, -0.1) is 11.3 Å². The minimum absolute atomic E-state index is 0.0286. The Kier molecular flexibility index (Phi) is 4.35. The Morgan fingerprint density at radius 2 is 2.13 bits per heavy atom. The number of carbonyl (C=O) groups is 1. The van der Waals surface area contributed by atoms with Crippen LogP contribution in [0.3, 0.4) is 0 Å². The SMILES string of the molecule is O=C(Cc1cn2ccsc2n1)NCC(O)c1c(F)cccc1F. The maximum absolute atomic E-state index is 13.5. The third-order valence-electron chi connectivity index (χ3n) is 3.31. The summed E-state index contributed by atoms with van der Waals surface area (Å²) in [4.78, 5) is 16.9. The lowest BCUT2D eigenvalue weighted by Gasteiger charge is -2.13. The number of benzene rings is 1. The van der Waals surface area contributed by atoms with Crippen molar-refractivity contribution in [2.75, 3.05) is 6.54 Å². The zero-order valence-electron chi connectivity index (χ0n) is 11.9. The molecule has 3 rings (SSSR count). The number of hydrogen-bond acceptors (Lipinski definition) is 4. The van der Waals surface area contributed by atoms with Crippen LogP contribution in [0.4, 0.5) is 8.78 Å². The standard InChI is InChI=1S/C15H13F2N3O2S/c16-10-2-1-3-11(17)14(10)12(21)7-18-13(22)6-9-8-20-4-5-23-15(20)19-9/h1-5,8,12,21H,6-7H2,(H,18,22). The summed E-state index contributed by atoms with van der Waals surface area (Å²) in [5.74, 6) is -2.08. The second kappa shape index (κ2) is 6.43. The third kappa shape index (κ3) is 3.38. The molecule has 0 fully saturated rings. The number of hydrogen-bond donors (Lipinski definition) is 2. The topological polar surface area (TPSA) is 66.6 Å². The van der Waals surface area contributed by atoms with Crippen LogP contribution in [0.15, 0.2) is 36.0 Å². The van der Waals surface area contributed by atoms with E-state index in [9.17, 15) is 18.7 Å². The molecule has 23 heavy (non-hydrogen) atoms. The fourth-order valence-electron chi connectivity index (χ4n) is 2.23. The van der Waals surface area contributed by atoms with Crippen molar-refractivity contribution in [2.45, 2.75) is 12.5 Å². The van der Waals surface area contributed by atoms with E-state index in [2.05, 4.69) is 10.3 Å². The van der Waals surface area contributed by atoms with Gasteiger partial charge in [0.15, 0.2) is 4.96 Å². The molecule has 0 saturated heterocycles. The molecular weight excluding hydrogens is 324 g/mol. The van der Waals surface area contributed by atoms with Gasteiger partial charge in [0, 0.05) is 24.3 Å². The fraction of sp³-hybridized carbons (Fsp3) is 0.200. The minimum Gasteiger partial charge on any atom is -0.386 e. The van der Waals surface area contributed by atoms with E-state index in [1.807, 2.05) is 11.6 Å². The maximum Gasteiger partial charge on any atom is 0.226 e. The van der Waals surface area contributed by atoms with Gasteiger partial charge in [-0.2, -0.15) is 0 Å². The molecule has 8 heteroatoms. The first-order valence-corrected chi connectivity index (χ1v) is 7.72. The lowest BCUT2D eigenvalue weighted by Crippen LogP contribution is -2.30. The summed E-state index contributed by atoms with van der Waals surface area (Å²) in [5, 5.41) is 14.2. The molecule has 0 spiro atoms. The Bertz CT molecular complexity index is 797.